The van der Waals surface area contributed by atoms with E-state index in [1.165, 1.54) is 6.07 Å². The number of thioether (sulfide) groups is 1. The number of hydrogen-bond donors (Lipinski definition) is 1. The van der Waals surface area contributed by atoms with Gasteiger partial charge >= 0.3 is 12.1 Å². The second-order valence-corrected chi connectivity index (χ2v) is 10.2. The molecule has 4 rings (SSSR count). The fraction of sp³-hybridized carbons (Fsp3) is 0.129. The maximum absolute atomic E-state index is 13.2. The highest BCUT2D eigenvalue weighted by Crippen LogP contribution is 2.34. The van der Waals surface area contributed by atoms with E-state index in [4.69, 9.17) is 21.4 Å². The first-order valence-electron chi connectivity index (χ1n) is 11.9. The van der Waals surface area contributed by atoms with E-state index in [0.717, 1.165) is 39.3 Å². The predicted octanol–water partition coefficient (Wildman–Crippen LogP) is 9.02. The normalized spacial score (nSPS) is 11.9. The summed E-state index contributed by atoms with van der Waals surface area (Å²) >= 11 is 7.71. The van der Waals surface area contributed by atoms with Gasteiger partial charge in [-0.1, -0.05) is 66.2 Å². The van der Waals surface area contributed by atoms with Crippen molar-refractivity contribution in [1.29, 1.82) is 0 Å². The number of halogens is 4. The standard InChI is InChI=1S/C31H24ClF3O3S/c1-20-17-27(13-14-29(20)38-19-30(36)37)39-16-15-28(23-9-11-26(32)12-10-23)22-7-5-21(6-8-22)24-3-2-4-25(18-24)31(33,34)35/h2-15,17-18H,16,19H2,1H3,(H,36,37). The Kier molecular flexibility index (Phi) is 9.04. The topological polar surface area (TPSA) is 46.5 Å². The van der Waals surface area contributed by atoms with Gasteiger partial charge in [0.1, 0.15) is 5.75 Å². The highest BCUT2D eigenvalue weighted by atomic mass is 35.5. The second-order valence-electron chi connectivity index (χ2n) is 8.70. The lowest BCUT2D eigenvalue weighted by Gasteiger charge is -2.12. The highest BCUT2D eigenvalue weighted by Gasteiger charge is 2.30. The first kappa shape index (κ1) is 28.3. The number of carboxylic acids is 1. The van der Waals surface area contributed by atoms with E-state index >= 15 is 0 Å². The van der Waals surface area contributed by atoms with Gasteiger partial charge < -0.3 is 9.84 Å². The first-order valence-corrected chi connectivity index (χ1v) is 13.3. The van der Waals surface area contributed by atoms with Crippen LogP contribution in [0.5, 0.6) is 5.75 Å². The molecule has 39 heavy (non-hydrogen) atoms. The Hall–Kier alpha value is -3.68. The summed E-state index contributed by atoms with van der Waals surface area (Å²) in [7, 11) is 0. The van der Waals surface area contributed by atoms with Gasteiger partial charge in [-0.15, -0.1) is 11.8 Å². The van der Waals surface area contributed by atoms with Crippen molar-refractivity contribution < 1.29 is 27.8 Å². The van der Waals surface area contributed by atoms with Crippen LogP contribution in [0.25, 0.3) is 16.7 Å². The Labute approximate surface area is 233 Å². The molecule has 8 heteroatoms. The molecule has 0 saturated heterocycles. The van der Waals surface area contributed by atoms with Crippen LogP contribution in [0.3, 0.4) is 0 Å². The zero-order chi connectivity index (χ0) is 28.0. The number of hydrogen-bond acceptors (Lipinski definition) is 3. The lowest BCUT2D eigenvalue weighted by atomic mass is 9.95. The molecule has 0 heterocycles. The van der Waals surface area contributed by atoms with Crippen LogP contribution in [0.15, 0.2) is 102 Å². The van der Waals surface area contributed by atoms with Crippen molar-refractivity contribution in [2.45, 2.75) is 18.0 Å². The van der Waals surface area contributed by atoms with Crippen molar-refractivity contribution in [3.63, 3.8) is 0 Å². The third kappa shape index (κ3) is 7.68. The first-order chi connectivity index (χ1) is 18.6. The average molecular weight is 569 g/mol. The molecule has 0 atom stereocenters. The van der Waals surface area contributed by atoms with Crippen LogP contribution < -0.4 is 4.74 Å². The van der Waals surface area contributed by atoms with E-state index < -0.39 is 24.3 Å². The number of aliphatic carboxylic acids is 1. The predicted molar refractivity (Wildman–Crippen MR) is 150 cm³/mol. The van der Waals surface area contributed by atoms with Gasteiger partial charge in [0.05, 0.1) is 5.56 Å². The number of alkyl halides is 3. The minimum absolute atomic E-state index is 0.396. The zero-order valence-electron chi connectivity index (χ0n) is 20.8. The molecule has 0 saturated carbocycles. The van der Waals surface area contributed by atoms with Gasteiger partial charge in [0.2, 0.25) is 0 Å². The summed E-state index contributed by atoms with van der Waals surface area (Å²) in [6.07, 6.45) is -2.31. The molecule has 1 N–H and O–H groups in total. The van der Waals surface area contributed by atoms with Crippen LogP contribution >= 0.6 is 23.4 Å². The van der Waals surface area contributed by atoms with Crippen molar-refractivity contribution >= 4 is 34.9 Å². The second kappa shape index (κ2) is 12.5. The fourth-order valence-electron chi connectivity index (χ4n) is 3.98. The molecule has 0 radical (unpaired) electrons. The fourth-order valence-corrected chi connectivity index (χ4v) is 4.98. The van der Waals surface area contributed by atoms with Gasteiger partial charge in [0, 0.05) is 15.7 Å². The van der Waals surface area contributed by atoms with Gasteiger partial charge in [-0.05, 0) is 82.8 Å². The minimum Gasteiger partial charge on any atom is -0.482 e. The Morgan fingerprint density at radius 2 is 1.59 bits per heavy atom. The van der Waals surface area contributed by atoms with Gasteiger partial charge in [-0.25, -0.2) is 4.79 Å². The molecule has 3 nitrogen and oxygen atoms in total. The molecule has 4 aromatic carbocycles. The number of benzene rings is 4. The smallest absolute Gasteiger partial charge is 0.416 e. The Morgan fingerprint density at radius 3 is 2.21 bits per heavy atom. The van der Waals surface area contributed by atoms with Crippen LogP contribution in [0.4, 0.5) is 13.2 Å². The van der Waals surface area contributed by atoms with Crippen LogP contribution in [0.2, 0.25) is 5.02 Å². The molecule has 0 bridgehead atoms. The quantitative estimate of drug-likeness (QED) is 0.205. The summed E-state index contributed by atoms with van der Waals surface area (Å²) in [5.74, 6) is 0.137. The van der Waals surface area contributed by atoms with E-state index in [0.29, 0.717) is 27.7 Å². The number of ether oxygens (including phenoxy) is 1. The molecule has 0 aromatic heterocycles. The number of carboxylic acid groups (broad SMARTS) is 1. The summed E-state index contributed by atoms with van der Waals surface area (Å²) in [5, 5.41) is 9.44. The average Bonchev–Trinajstić information content (AvgIpc) is 2.91. The maximum Gasteiger partial charge on any atom is 0.416 e. The lowest BCUT2D eigenvalue weighted by molar-refractivity contribution is -0.139. The van der Waals surface area contributed by atoms with Crippen molar-refractivity contribution in [2.24, 2.45) is 0 Å². The highest BCUT2D eigenvalue weighted by molar-refractivity contribution is 7.99. The van der Waals surface area contributed by atoms with Crippen molar-refractivity contribution in [2.75, 3.05) is 12.4 Å². The summed E-state index contributed by atoms with van der Waals surface area (Å²) in [6, 6.07) is 25.8. The Bertz CT molecular complexity index is 1480. The maximum atomic E-state index is 13.2. The van der Waals surface area contributed by atoms with Crippen molar-refractivity contribution in [1.82, 2.24) is 0 Å². The molecule has 4 aromatic rings. The van der Waals surface area contributed by atoms with Crippen LogP contribution in [0.1, 0.15) is 22.3 Å². The van der Waals surface area contributed by atoms with E-state index in [1.807, 2.05) is 67.6 Å². The molecule has 0 aliphatic rings. The molecule has 0 spiro atoms. The monoisotopic (exact) mass is 568 g/mol. The largest absolute Gasteiger partial charge is 0.482 e. The molecule has 0 fully saturated rings. The summed E-state index contributed by atoms with van der Waals surface area (Å²) in [4.78, 5) is 11.8. The third-order valence-electron chi connectivity index (χ3n) is 5.91. The number of carbonyl (C=O) groups is 1. The summed E-state index contributed by atoms with van der Waals surface area (Å²) < 4.78 is 44.8. The molecule has 0 amide bonds. The molecule has 0 unspecified atom stereocenters. The zero-order valence-corrected chi connectivity index (χ0v) is 22.4. The lowest BCUT2D eigenvalue weighted by Crippen LogP contribution is -2.09. The molecule has 200 valence electrons. The Morgan fingerprint density at radius 1 is 0.923 bits per heavy atom. The SMILES string of the molecule is Cc1cc(SCC=C(c2ccc(Cl)cc2)c2ccc(-c3cccc(C(F)(F)F)c3)cc2)ccc1OCC(=O)O. The molecule has 0 aliphatic carbocycles. The molecule has 0 aliphatic heterocycles. The van der Waals surface area contributed by atoms with Crippen LogP contribution in [-0.4, -0.2) is 23.4 Å². The molecular weight excluding hydrogens is 545 g/mol. The van der Waals surface area contributed by atoms with Gasteiger partial charge in [-0.2, -0.15) is 13.2 Å². The van der Waals surface area contributed by atoms with Crippen LogP contribution in [0, 0.1) is 6.92 Å². The number of aryl methyl sites for hydroxylation is 1. The van der Waals surface area contributed by atoms with Crippen molar-refractivity contribution in [3.05, 3.63) is 124 Å². The Balaban J connectivity index is 1.57. The summed E-state index contributed by atoms with van der Waals surface area (Å²) in [6.45, 7) is 1.47. The molecular formula is C31H24ClF3O3S. The van der Waals surface area contributed by atoms with Gasteiger partial charge in [0.15, 0.2) is 6.61 Å². The number of rotatable bonds is 9. The van der Waals surface area contributed by atoms with E-state index in [1.54, 1.807) is 23.9 Å². The summed E-state index contributed by atoms with van der Waals surface area (Å²) in [5.41, 5.74) is 4.19. The van der Waals surface area contributed by atoms with Crippen LogP contribution in [-0.2, 0) is 11.0 Å². The van der Waals surface area contributed by atoms with Gasteiger partial charge in [-0.3, -0.25) is 0 Å². The van der Waals surface area contributed by atoms with E-state index in [9.17, 15) is 18.0 Å². The van der Waals surface area contributed by atoms with Crippen molar-refractivity contribution in [3.8, 4) is 16.9 Å². The minimum atomic E-state index is -4.40. The third-order valence-corrected chi connectivity index (χ3v) is 7.08. The van der Waals surface area contributed by atoms with E-state index in [2.05, 4.69) is 6.08 Å². The van der Waals surface area contributed by atoms with E-state index in [-0.39, 0.29) is 0 Å². The van der Waals surface area contributed by atoms with Gasteiger partial charge in [0.25, 0.3) is 0 Å².